The fourth-order valence-electron chi connectivity index (χ4n) is 4.09. The normalized spacial score (nSPS) is 13.0. The zero-order chi connectivity index (χ0) is 21.7. The third kappa shape index (κ3) is 3.97. The van der Waals surface area contributed by atoms with E-state index in [9.17, 15) is 9.59 Å². The van der Waals surface area contributed by atoms with Crippen LogP contribution < -0.4 is 4.90 Å². The van der Waals surface area contributed by atoms with E-state index in [-0.39, 0.29) is 12.5 Å². The Bertz CT molecular complexity index is 1010. The predicted molar refractivity (Wildman–Crippen MR) is 119 cm³/mol. The Morgan fingerprint density at radius 3 is 2.06 bits per heavy atom. The molecule has 0 saturated heterocycles. The molecule has 3 aromatic rings. The van der Waals surface area contributed by atoms with E-state index in [4.69, 9.17) is 9.47 Å². The molecule has 1 aliphatic rings. The number of hydrogen-bond donors (Lipinski definition) is 0. The zero-order valence-electron chi connectivity index (χ0n) is 17.5. The maximum Gasteiger partial charge on any atom is 0.348 e. The fraction of sp³-hybridized carbons (Fsp3) is 0.231. The van der Waals surface area contributed by atoms with Crippen molar-refractivity contribution in [3.8, 4) is 0 Å². The van der Waals surface area contributed by atoms with Gasteiger partial charge in [0.1, 0.15) is 0 Å². The minimum Gasteiger partial charge on any atom is -0.453 e. The second kappa shape index (κ2) is 9.14. The molecule has 31 heavy (non-hydrogen) atoms. The molecule has 5 heteroatoms. The first-order valence-electron chi connectivity index (χ1n) is 10.5. The highest BCUT2D eigenvalue weighted by Gasteiger charge is 2.45. The molecular formula is C26H25NO4. The molecule has 3 aromatic carbocycles. The third-order valence-electron chi connectivity index (χ3n) is 5.52. The molecule has 0 radical (unpaired) electrons. The van der Waals surface area contributed by atoms with Crippen LogP contribution in [0.4, 0.5) is 5.69 Å². The molecule has 0 spiro atoms. The van der Waals surface area contributed by atoms with E-state index in [1.165, 1.54) is 0 Å². The van der Waals surface area contributed by atoms with Gasteiger partial charge in [-0.1, -0.05) is 78.9 Å². The largest absolute Gasteiger partial charge is 0.453 e. The quantitative estimate of drug-likeness (QED) is 0.545. The van der Waals surface area contributed by atoms with Crippen LogP contribution in [-0.4, -0.2) is 31.6 Å². The lowest BCUT2D eigenvalue weighted by atomic mass is 9.86. The number of hydrogen-bond acceptors (Lipinski definition) is 4. The first-order valence-corrected chi connectivity index (χ1v) is 10.5. The Labute approximate surface area is 182 Å². The van der Waals surface area contributed by atoms with Crippen LogP contribution in [0.15, 0.2) is 84.9 Å². The number of carbonyl (C=O) groups is 2. The van der Waals surface area contributed by atoms with E-state index < -0.39 is 11.6 Å². The maximum atomic E-state index is 13.5. The van der Waals surface area contributed by atoms with Crippen molar-refractivity contribution in [2.45, 2.75) is 18.9 Å². The molecule has 0 aliphatic carbocycles. The number of fused-ring (bicyclic) bond motifs is 1. The summed E-state index contributed by atoms with van der Waals surface area (Å²) in [4.78, 5) is 28.1. The van der Waals surface area contributed by atoms with Crippen LogP contribution in [0, 0.1) is 0 Å². The van der Waals surface area contributed by atoms with E-state index >= 15 is 0 Å². The summed E-state index contributed by atoms with van der Waals surface area (Å²) in [6, 6.07) is 26.3. The summed E-state index contributed by atoms with van der Waals surface area (Å²) in [6.45, 7) is 2.37. The molecule has 0 atom stereocenters. The first-order chi connectivity index (χ1) is 15.2. The summed E-state index contributed by atoms with van der Waals surface area (Å²) in [5, 5.41) is 0. The Kier molecular flexibility index (Phi) is 6.14. The highest BCUT2D eigenvalue weighted by molar-refractivity contribution is 5.98. The molecule has 0 fully saturated rings. The lowest BCUT2D eigenvalue weighted by Gasteiger charge is -2.32. The maximum absolute atomic E-state index is 13.5. The number of amides is 1. The average Bonchev–Trinajstić information content (AvgIpc) is 3.26. The topological polar surface area (TPSA) is 55.8 Å². The van der Waals surface area contributed by atoms with Gasteiger partial charge in [0.15, 0.2) is 6.61 Å². The number of esters is 1. The molecule has 158 valence electrons. The van der Waals surface area contributed by atoms with Gasteiger partial charge in [-0.3, -0.25) is 4.79 Å². The zero-order valence-corrected chi connectivity index (χ0v) is 17.5. The van der Waals surface area contributed by atoms with Crippen LogP contribution >= 0.6 is 0 Å². The van der Waals surface area contributed by atoms with Gasteiger partial charge >= 0.3 is 5.97 Å². The monoisotopic (exact) mass is 415 g/mol. The standard InChI is InChI=1S/C26H25NO4/c1-2-31-26(21-12-5-3-6-13-21,22-14-7-4-8-15-22)25(29)30-19-24(28)27-18-17-20-11-9-10-16-23(20)27/h3-16H,2,17-19H2,1H3. The molecule has 0 N–H and O–H groups in total. The van der Waals surface area contributed by atoms with Crippen LogP contribution in [0.25, 0.3) is 0 Å². The molecule has 1 heterocycles. The number of para-hydroxylation sites is 1. The number of rotatable bonds is 7. The molecule has 5 nitrogen and oxygen atoms in total. The molecule has 4 rings (SSSR count). The number of carbonyl (C=O) groups excluding carboxylic acids is 2. The summed E-state index contributed by atoms with van der Waals surface area (Å²) in [5.74, 6) is -0.850. The van der Waals surface area contributed by atoms with Gasteiger partial charge in [-0.05, 0) is 36.1 Å². The van der Waals surface area contributed by atoms with Gasteiger partial charge in [-0.25, -0.2) is 4.79 Å². The number of nitrogens with zero attached hydrogens (tertiary/aromatic N) is 1. The lowest BCUT2D eigenvalue weighted by Crippen LogP contribution is -2.43. The fourth-order valence-corrected chi connectivity index (χ4v) is 4.09. The molecule has 0 aromatic heterocycles. The van der Waals surface area contributed by atoms with E-state index in [0.29, 0.717) is 24.3 Å². The highest BCUT2D eigenvalue weighted by Crippen LogP contribution is 2.35. The molecule has 1 amide bonds. The summed E-state index contributed by atoms with van der Waals surface area (Å²) < 4.78 is 11.7. The van der Waals surface area contributed by atoms with Crippen molar-refractivity contribution in [3.05, 3.63) is 102 Å². The van der Waals surface area contributed by atoms with Gasteiger partial charge in [0.25, 0.3) is 5.91 Å². The van der Waals surface area contributed by atoms with Gasteiger partial charge < -0.3 is 14.4 Å². The Morgan fingerprint density at radius 1 is 0.871 bits per heavy atom. The molecule has 0 saturated carbocycles. The third-order valence-corrected chi connectivity index (χ3v) is 5.52. The minimum absolute atomic E-state index is 0.246. The van der Waals surface area contributed by atoms with Crippen LogP contribution in [0.5, 0.6) is 0 Å². The molecule has 0 unspecified atom stereocenters. The van der Waals surface area contributed by atoms with E-state index in [0.717, 1.165) is 17.7 Å². The van der Waals surface area contributed by atoms with Gasteiger partial charge in [0.2, 0.25) is 5.60 Å². The van der Waals surface area contributed by atoms with Crippen LogP contribution in [0.1, 0.15) is 23.6 Å². The van der Waals surface area contributed by atoms with Crippen LogP contribution in [0.3, 0.4) is 0 Å². The van der Waals surface area contributed by atoms with Crippen molar-refractivity contribution in [1.29, 1.82) is 0 Å². The van der Waals surface area contributed by atoms with Crippen molar-refractivity contribution in [2.24, 2.45) is 0 Å². The van der Waals surface area contributed by atoms with E-state index in [1.54, 1.807) is 4.90 Å². The van der Waals surface area contributed by atoms with Crippen LogP contribution in [-0.2, 0) is 31.1 Å². The second-order valence-electron chi connectivity index (χ2n) is 7.35. The van der Waals surface area contributed by atoms with Gasteiger partial charge in [-0.15, -0.1) is 0 Å². The molecule has 0 bridgehead atoms. The van der Waals surface area contributed by atoms with Crippen LogP contribution in [0.2, 0.25) is 0 Å². The van der Waals surface area contributed by atoms with Crippen molar-refractivity contribution in [1.82, 2.24) is 0 Å². The van der Waals surface area contributed by atoms with E-state index in [1.807, 2.05) is 91.9 Å². The number of anilines is 1. The lowest BCUT2D eigenvalue weighted by molar-refractivity contribution is -0.169. The van der Waals surface area contributed by atoms with E-state index in [2.05, 4.69) is 0 Å². The first kappa shape index (κ1) is 20.8. The van der Waals surface area contributed by atoms with Gasteiger partial charge in [-0.2, -0.15) is 0 Å². The minimum atomic E-state index is -1.44. The van der Waals surface area contributed by atoms with Crippen molar-refractivity contribution >= 4 is 17.6 Å². The predicted octanol–water partition coefficient (Wildman–Crippen LogP) is 4.10. The highest BCUT2D eigenvalue weighted by atomic mass is 16.6. The number of benzene rings is 3. The second-order valence-corrected chi connectivity index (χ2v) is 7.35. The Hall–Kier alpha value is -3.44. The van der Waals surface area contributed by atoms with Crippen molar-refractivity contribution < 1.29 is 19.1 Å². The summed E-state index contributed by atoms with van der Waals surface area (Å²) in [6.07, 6.45) is 0.798. The Morgan fingerprint density at radius 2 is 1.45 bits per heavy atom. The molecular weight excluding hydrogens is 390 g/mol. The Balaban J connectivity index is 1.60. The summed E-state index contributed by atoms with van der Waals surface area (Å²) >= 11 is 0. The summed E-state index contributed by atoms with van der Waals surface area (Å²) in [5.41, 5.74) is 1.88. The smallest absolute Gasteiger partial charge is 0.348 e. The van der Waals surface area contributed by atoms with Crippen molar-refractivity contribution in [3.63, 3.8) is 0 Å². The van der Waals surface area contributed by atoms with Gasteiger partial charge in [0.05, 0.1) is 0 Å². The number of ether oxygens (including phenoxy) is 2. The summed E-state index contributed by atoms with van der Waals surface area (Å²) in [7, 11) is 0. The molecule has 1 aliphatic heterocycles. The van der Waals surface area contributed by atoms with Gasteiger partial charge in [0, 0.05) is 18.8 Å². The average molecular weight is 415 g/mol. The SMILES string of the molecule is CCOC(C(=O)OCC(=O)N1CCc2ccccc21)(c1ccccc1)c1ccccc1. The van der Waals surface area contributed by atoms with Crippen molar-refractivity contribution in [2.75, 3.05) is 24.7 Å².